The molecule has 1 fully saturated rings. The molecule has 0 saturated heterocycles. The highest BCUT2D eigenvalue weighted by Gasteiger charge is 2.37. The topological polar surface area (TPSA) is 75.6 Å². The molecule has 1 amide bonds. The molecule has 1 aliphatic carbocycles. The molecule has 2 rings (SSSR count). The zero-order valence-corrected chi connectivity index (χ0v) is 11.5. The molecule has 0 aromatic heterocycles. The Kier molecular flexibility index (Phi) is 4.74. The van der Waals surface area contributed by atoms with Gasteiger partial charge < -0.3 is 15.2 Å². The Morgan fingerprint density at radius 1 is 1.35 bits per heavy atom. The highest BCUT2D eigenvalue weighted by Crippen LogP contribution is 2.32. The fourth-order valence-corrected chi connectivity index (χ4v) is 2.71. The fourth-order valence-electron chi connectivity index (χ4n) is 2.71. The summed E-state index contributed by atoms with van der Waals surface area (Å²) < 4.78 is 5.05. The summed E-state index contributed by atoms with van der Waals surface area (Å²) in [7, 11) is 1.61. The molecule has 0 heterocycles. The minimum Gasteiger partial charge on any atom is -0.481 e. The van der Waals surface area contributed by atoms with Crippen molar-refractivity contribution in [2.24, 2.45) is 11.8 Å². The van der Waals surface area contributed by atoms with Gasteiger partial charge in [-0.25, -0.2) is 0 Å². The minimum absolute atomic E-state index is 0.204. The van der Waals surface area contributed by atoms with Crippen molar-refractivity contribution in [2.75, 3.05) is 12.4 Å². The van der Waals surface area contributed by atoms with E-state index in [4.69, 9.17) is 9.84 Å². The van der Waals surface area contributed by atoms with Gasteiger partial charge in [0.25, 0.3) is 0 Å². The average molecular weight is 277 g/mol. The number of carboxylic acid groups (broad SMARTS) is 1. The Balaban J connectivity index is 2.04. The number of amides is 1. The van der Waals surface area contributed by atoms with E-state index in [9.17, 15) is 9.59 Å². The van der Waals surface area contributed by atoms with Crippen molar-refractivity contribution in [3.8, 4) is 0 Å². The van der Waals surface area contributed by atoms with Gasteiger partial charge in [-0.2, -0.15) is 0 Å². The molecule has 0 spiro atoms. The van der Waals surface area contributed by atoms with Gasteiger partial charge in [-0.15, -0.1) is 0 Å². The minimum atomic E-state index is -0.879. The van der Waals surface area contributed by atoms with E-state index >= 15 is 0 Å². The predicted molar refractivity (Wildman–Crippen MR) is 74.3 cm³/mol. The van der Waals surface area contributed by atoms with Gasteiger partial charge in [0.1, 0.15) is 0 Å². The fraction of sp³-hybridized carbons (Fsp3) is 0.467. The van der Waals surface area contributed by atoms with Gasteiger partial charge in [0.2, 0.25) is 5.91 Å². The van der Waals surface area contributed by atoms with Crippen molar-refractivity contribution >= 4 is 17.6 Å². The van der Waals surface area contributed by atoms with Gasteiger partial charge in [0.15, 0.2) is 0 Å². The standard InChI is InChI=1S/C15H19NO4/c1-20-9-10-4-2-5-11(8-10)16-14(17)12-6-3-7-13(12)15(18)19/h2,4-5,8,12-13H,3,6-7,9H2,1H3,(H,16,17)(H,18,19)/t12-,13+/m1/s1. The first-order valence-electron chi connectivity index (χ1n) is 6.73. The molecule has 1 aliphatic rings. The molecule has 0 bridgehead atoms. The third kappa shape index (κ3) is 3.36. The number of carboxylic acids is 1. The second-order valence-electron chi connectivity index (χ2n) is 5.10. The predicted octanol–water partition coefficient (Wildman–Crippen LogP) is 2.27. The molecule has 5 nitrogen and oxygen atoms in total. The van der Waals surface area contributed by atoms with Crippen LogP contribution in [-0.4, -0.2) is 24.1 Å². The smallest absolute Gasteiger partial charge is 0.307 e. The van der Waals surface area contributed by atoms with Crippen LogP contribution >= 0.6 is 0 Å². The third-order valence-electron chi connectivity index (χ3n) is 3.68. The number of benzene rings is 1. The van der Waals surface area contributed by atoms with Crippen LogP contribution in [0.1, 0.15) is 24.8 Å². The van der Waals surface area contributed by atoms with Crippen molar-refractivity contribution in [2.45, 2.75) is 25.9 Å². The number of anilines is 1. The zero-order valence-electron chi connectivity index (χ0n) is 11.5. The number of hydrogen-bond donors (Lipinski definition) is 2. The molecule has 0 aliphatic heterocycles. The number of methoxy groups -OCH3 is 1. The molecule has 1 saturated carbocycles. The van der Waals surface area contributed by atoms with Gasteiger partial charge in [-0.05, 0) is 30.5 Å². The number of ether oxygens (including phenoxy) is 1. The van der Waals surface area contributed by atoms with Crippen LogP contribution < -0.4 is 5.32 Å². The summed E-state index contributed by atoms with van der Waals surface area (Å²) in [5.41, 5.74) is 1.65. The summed E-state index contributed by atoms with van der Waals surface area (Å²) in [5, 5.41) is 11.9. The molecule has 1 aromatic rings. The molecule has 20 heavy (non-hydrogen) atoms. The summed E-state index contributed by atoms with van der Waals surface area (Å²) in [5.74, 6) is -2.07. The van der Waals surface area contributed by atoms with Crippen LogP contribution in [0, 0.1) is 11.8 Å². The molecular weight excluding hydrogens is 258 g/mol. The average Bonchev–Trinajstić information content (AvgIpc) is 2.89. The van der Waals surface area contributed by atoms with Crippen LogP contribution in [0.3, 0.4) is 0 Å². The molecule has 2 N–H and O–H groups in total. The van der Waals surface area contributed by atoms with E-state index in [0.717, 1.165) is 12.0 Å². The van der Waals surface area contributed by atoms with E-state index in [0.29, 0.717) is 25.1 Å². The lowest BCUT2D eigenvalue weighted by molar-refractivity contribution is -0.145. The summed E-state index contributed by atoms with van der Waals surface area (Å²) in [6, 6.07) is 7.38. The first-order valence-corrected chi connectivity index (χ1v) is 6.73. The van der Waals surface area contributed by atoms with Crippen molar-refractivity contribution in [3.63, 3.8) is 0 Å². The second kappa shape index (κ2) is 6.52. The van der Waals surface area contributed by atoms with Crippen LogP contribution in [0.4, 0.5) is 5.69 Å². The van der Waals surface area contributed by atoms with Crippen molar-refractivity contribution in [1.29, 1.82) is 0 Å². The monoisotopic (exact) mass is 277 g/mol. The number of aliphatic carboxylic acids is 1. The van der Waals surface area contributed by atoms with Crippen LogP contribution in [-0.2, 0) is 20.9 Å². The highest BCUT2D eigenvalue weighted by molar-refractivity contribution is 5.95. The van der Waals surface area contributed by atoms with Crippen molar-refractivity contribution < 1.29 is 19.4 Å². The van der Waals surface area contributed by atoms with E-state index in [1.165, 1.54) is 0 Å². The van der Waals surface area contributed by atoms with E-state index in [-0.39, 0.29) is 5.91 Å². The van der Waals surface area contributed by atoms with Gasteiger partial charge >= 0.3 is 5.97 Å². The van der Waals surface area contributed by atoms with Gasteiger partial charge in [-0.3, -0.25) is 9.59 Å². The van der Waals surface area contributed by atoms with Crippen molar-refractivity contribution in [3.05, 3.63) is 29.8 Å². The lowest BCUT2D eigenvalue weighted by Gasteiger charge is -2.16. The highest BCUT2D eigenvalue weighted by atomic mass is 16.5. The Morgan fingerprint density at radius 2 is 2.10 bits per heavy atom. The van der Waals surface area contributed by atoms with E-state index in [2.05, 4.69) is 5.32 Å². The van der Waals surface area contributed by atoms with E-state index < -0.39 is 17.8 Å². The zero-order chi connectivity index (χ0) is 14.5. The van der Waals surface area contributed by atoms with Gasteiger partial charge in [0, 0.05) is 12.8 Å². The molecule has 1 aromatic carbocycles. The van der Waals surface area contributed by atoms with Crippen LogP contribution in [0.15, 0.2) is 24.3 Å². The first-order chi connectivity index (χ1) is 9.61. The van der Waals surface area contributed by atoms with Crippen LogP contribution in [0.25, 0.3) is 0 Å². The number of carbonyl (C=O) groups excluding carboxylic acids is 1. The van der Waals surface area contributed by atoms with Crippen LogP contribution in [0.5, 0.6) is 0 Å². The largest absolute Gasteiger partial charge is 0.481 e. The molecule has 0 unspecified atom stereocenters. The first kappa shape index (κ1) is 14.5. The summed E-state index contributed by atoms with van der Waals surface area (Å²) in [6.45, 7) is 0.477. The Morgan fingerprint density at radius 3 is 2.80 bits per heavy atom. The SMILES string of the molecule is COCc1cccc(NC(=O)[C@@H]2CCC[C@@H]2C(=O)O)c1. The number of rotatable bonds is 5. The van der Waals surface area contributed by atoms with E-state index in [1.54, 1.807) is 13.2 Å². The maximum atomic E-state index is 12.2. The second-order valence-corrected chi connectivity index (χ2v) is 5.10. The summed E-state index contributed by atoms with van der Waals surface area (Å²) in [6.07, 6.45) is 2.01. The maximum absolute atomic E-state index is 12.2. The lowest BCUT2D eigenvalue weighted by Crippen LogP contribution is -2.30. The van der Waals surface area contributed by atoms with Gasteiger partial charge in [0.05, 0.1) is 18.4 Å². The quantitative estimate of drug-likeness (QED) is 0.865. The molecule has 2 atom stereocenters. The Hall–Kier alpha value is -1.88. The van der Waals surface area contributed by atoms with Crippen LogP contribution in [0.2, 0.25) is 0 Å². The number of carbonyl (C=O) groups is 2. The molecular formula is C15H19NO4. The summed E-state index contributed by atoms with van der Waals surface area (Å²) >= 11 is 0. The Bertz CT molecular complexity index is 500. The molecule has 0 radical (unpaired) electrons. The Labute approximate surface area is 117 Å². The van der Waals surface area contributed by atoms with E-state index in [1.807, 2.05) is 18.2 Å². The number of nitrogens with one attached hydrogen (secondary N) is 1. The van der Waals surface area contributed by atoms with Gasteiger partial charge in [-0.1, -0.05) is 18.6 Å². The third-order valence-corrected chi connectivity index (χ3v) is 3.68. The maximum Gasteiger partial charge on any atom is 0.307 e. The molecule has 108 valence electrons. The normalized spacial score (nSPS) is 21.6. The van der Waals surface area contributed by atoms with Crippen molar-refractivity contribution in [1.82, 2.24) is 0 Å². The molecule has 5 heteroatoms. The lowest BCUT2D eigenvalue weighted by atomic mass is 9.95. The summed E-state index contributed by atoms with van der Waals surface area (Å²) in [4.78, 5) is 23.3. The number of hydrogen-bond acceptors (Lipinski definition) is 3.